The fourth-order valence-electron chi connectivity index (χ4n) is 1.84. The summed E-state index contributed by atoms with van der Waals surface area (Å²) >= 11 is 3.54. The maximum absolute atomic E-state index is 3.54. The van der Waals surface area contributed by atoms with Crippen molar-refractivity contribution in [1.29, 1.82) is 0 Å². The molecule has 0 unspecified atom stereocenters. The Morgan fingerprint density at radius 3 is 2.27 bits per heavy atom. The lowest BCUT2D eigenvalue weighted by Gasteiger charge is -2.25. The SMILES string of the molecule is CCN(CC)c1ccc(Br)cc1C(C)C. The highest BCUT2D eigenvalue weighted by atomic mass is 79.9. The quantitative estimate of drug-likeness (QED) is 0.782. The first kappa shape index (κ1) is 12.6. The first-order valence-electron chi connectivity index (χ1n) is 5.64. The molecule has 1 aromatic carbocycles. The van der Waals surface area contributed by atoms with Crippen LogP contribution in [0.2, 0.25) is 0 Å². The number of halogens is 1. The van der Waals surface area contributed by atoms with Crippen molar-refractivity contribution in [2.75, 3.05) is 18.0 Å². The van der Waals surface area contributed by atoms with Gasteiger partial charge in [-0.2, -0.15) is 0 Å². The van der Waals surface area contributed by atoms with Crippen LogP contribution >= 0.6 is 15.9 Å². The molecule has 0 atom stereocenters. The van der Waals surface area contributed by atoms with Gasteiger partial charge in [-0.3, -0.25) is 0 Å². The van der Waals surface area contributed by atoms with Gasteiger partial charge in [-0.25, -0.2) is 0 Å². The Morgan fingerprint density at radius 1 is 1.20 bits per heavy atom. The van der Waals surface area contributed by atoms with Crippen LogP contribution in [0.25, 0.3) is 0 Å². The number of hydrogen-bond acceptors (Lipinski definition) is 1. The van der Waals surface area contributed by atoms with E-state index in [-0.39, 0.29) is 0 Å². The summed E-state index contributed by atoms with van der Waals surface area (Å²) in [5.74, 6) is 0.568. The van der Waals surface area contributed by atoms with E-state index in [1.807, 2.05) is 0 Å². The van der Waals surface area contributed by atoms with E-state index in [2.05, 4.69) is 66.7 Å². The minimum atomic E-state index is 0.568. The van der Waals surface area contributed by atoms with E-state index >= 15 is 0 Å². The van der Waals surface area contributed by atoms with Crippen molar-refractivity contribution in [3.05, 3.63) is 28.2 Å². The van der Waals surface area contributed by atoms with E-state index in [0.717, 1.165) is 13.1 Å². The van der Waals surface area contributed by atoms with Gasteiger partial charge in [0.1, 0.15) is 0 Å². The topological polar surface area (TPSA) is 3.24 Å². The minimum absolute atomic E-state index is 0.568. The van der Waals surface area contributed by atoms with Gasteiger partial charge in [0.15, 0.2) is 0 Å². The number of hydrogen-bond donors (Lipinski definition) is 0. The summed E-state index contributed by atoms with van der Waals surface area (Å²) in [5, 5.41) is 0. The normalized spacial score (nSPS) is 10.8. The van der Waals surface area contributed by atoms with Crippen molar-refractivity contribution >= 4 is 21.6 Å². The summed E-state index contributed by atoms with van der Waals surface area (Å²) in [4.78, 5) is 2.40. The zero-order chi connectivity index (χ0) is 11.4. The molecule has 0 heterocycles. The number of nitrogens with zero attached hydrogens (tertiary/aromatic N) is 1. The summed E-state index contributed by atoms with van der Waals surface area (Å²) < 4.78 is 1.17. The molecule has 84 valence electrons. The predicted molar refractivity (Wildman–Crippen MR) is 71.8 cm³/mol. The van der Waals surface area contributed by atoms with Gasteiger partial charge >= 0.3 is 0 Å². The van der Waals surface area contributed by atoms with Crippen molar-refractivity contribution in [3.63, 3.8) is 0 Å². The smallest absolute Gasteiger partial charge is 0.0401 e. The lowest BCUT2D eigenvalue weighted by molar-refractivity contribution is 0.816. The van der Waals surface area contributed by atoms with Gasteiger partial charge in [0.2, 0.25) is 0 Å². The Hall–Kier alpha value is -0.500. The van der Waals surface area contributed by atoms with Gasteiger partial charge in [-0.1, -0.05) is 29.8 Å². The molecule has 0 aliphatic carbocycles. The average Bonchev–Trinajstić information content (AvgIpc) is 2.21. The highest BCUT2D eigenvalue weighted by Gasteiger charge is 2.11. The fraction of sp³-hybridized carbons (Fsp3) is 0.538. The van der Waals surface area contributed by atoms with E-state index in [4.69, 9.17) is 0 Å². The molecule has 0 aliphatic heterocycles. The molecule has 0 radical (unpaired) electrons. The van der Waals surface area contributed by atoms with Crippen molar-refractivity contribution in [2.45, 2.75) is 33.6 Å². The lowest BCUT2D eigenvalue weighted by Crippen LogP contribution is -2.23. The molecule has 0 saturated heterocycles. The molecule has 0 spiro atoms. The molecule has 1 aromatic rings. The molecule has 0 aromatic heterocycles. The van der Waals surface area contributed by atoms with Crippen LogP contribution in [0.5, 0.6) is 0 Å². The molecule has 0 bridgehead atoms. The van der Waals surface area contributed by atoms with E-state index in [1.165, 1.54) is 15.7 Å². The molecular formula is C13H20BrN. The zero-order valence-corrected chi connectivity index (χ0v) is 11.6. The summed E-state index contributed by atoms with van der Waals surface area (Å²) in [5.41, 5.74) is 2.80. The Bertz CT molecular complexity index is 316. The second-order valence-electron chi connectivity index (χ2n) is 4.03. The summed E-state index contributed by atoms with van der Waals surface area (Å²) in [6.07, 6.45) is 0. The van der Waals surface area contributed by atoms with Crippen LogP contribution in [0.15, 0.2) is 22.7 Å². The summed E-state index contributed by atoms with van der Waals surface area (Å²) in [6, 6.07) is 6.57. The number of rotatable bonds is 4. The second-order valence-corrected chi connectivity index (χ2v) is 4.95. The van der Waals surface area contributed by atoms with Crippen LogP contribution < -0.4 is 4.90 Å². The van der Waals surface area contributed by atoms with Crippen LogP contribution in [0.4, 0.5) is 5.69 Å². The van der Waals surface area contributed by atoms with Gasteiger partial charge in [-0.15, -0.1) is 0 Å². The van der Waals surface area contributed by atoms with Gasteiger partial charge in [-0.05, 0) is 43.5 Å². The number of anilines is 1. The molecule has 0 N–H and O–H groups in total. The Labute approximate surface area is 102 Å². The minimum Gasteiger partial charge on any atom is -0.372 e. The molecule has 1 nitrogen and oxygen atoms in total. The molecular weight excluding hydrogens is 250 g/mol. The third kappa shape index (κ3) is 2.97. The largest absolute Gasteiger partial charge is 0.372 e. The molecule has 1 rings (SSSR count). The van der Waals surface area contributed by atoms with E-state index < -0.39 is 0 Å². The van der Waals surface area contributed by atoms with E-state index in [0.29, 0.717) is 5.92 Å². The molecule has 0 amide bonds. The zero-order valence-electron chi connectivity index (χ0n) is 10.0. The van der Waals surface area contributed by atoms with Gasteiger partial charge in [0.25, 0.3) is 0 Å². The Balaban J connectivity index is 3.15. The van der Waals surface area contributed by atoms with Gasteiger partial charge < -0.3 is 4.90 Å². The van der Waals surface area contributed by atoms with Crippen LogP contribution in [-0.2, 0) is 0 Å². The highest BCUT2D eigenvalue weighted by Crippen LogP contribution is 2.30. The van der Waals surface area contributed by atoms with Crippen LogP contribution in [0, 0.1) is 0 Å². The van der Waals surface area contributed by atoms with Crippen molar-refractivity contribution < 1.29 is 0 Å². The number of benzene rings is 1. The summed E-state index contributed by atoms with van der Waals surface area (Å²) in [7, 11) is 0. The van der Waals surface area contributed by atoms with Crippen molar-refractivity contribution in [3.8, 4) is 0 Å². The molecule has 0 saturated carbocycles. The van der Waals surface area contributed by atoms with E-state index in [9.17, 15) is 0 Å². The van der Waals surface area contributed by atoms with Gasteiger partial charge in [0, 0.05) is 23.2 Å². The van der Waals surface area contributed by atoms with Crippen molar-refractivity contribution in [1.82, 2.24) is 0 Å². The second kappa shape index (κ2) is 5.55. The maximum atomic E-state index is 3.54. The van der Waals surface area contributed by atoms with E-state index in [1.54, 1.807) is 0 Å². The molecule has 2 heteroatoms. The summed E-state index contributed by atoms with van der Waals surface area (Å²) in [6.45, 7) is 11.0. The van der Waals surface area contributed by atoms with Crippen molar-refractivity contribution in [2.24, 2.45) is 0 Å². The molecule has 0 fully saturated rings. The predicted octanol–water partition coefficient (Wildman–Crippen LogP) is 4.42. The van der Waals surface area contributed by atoms with Crippen LogP contribution in [-0.4, -0.2) is 13.1 Å². The standard InChI is InChI=1S/C13H20BrN/c1-5-15(6-2)13-8-7-11(14)9-12(13)10(3)4/h7-10H,5-6H2,1-4H3. The Kier molecular flexibility index (Phi) is 4.65. The monoisotopic (exact) mass is 269 g/mol. The van der Waals surface area contributed by atoms with Crippen LogP contribution in [0.3, 0.4) is 0 Å². The average molecular weight is 270 g/mol. The fourth-order valence-corrected chi connectivity index (χ4v) is 2.22. The first-order chi connectivity index (χ1) is 7.10. The highest BCUT2D eigenvalue weighted by molar-refractivity contribution is 9.10. The maximum Gasteiger partial charge on any atom is 0.0401 e. The first-order valence-corrected chi connectivity index (χ1v) is 6.43. The van der Waals surface area contributed by atoms with Crippen LogP contribution in [0.1, 0.15) is 39.2 Å². The van der Waals surface area contributed by atoms with Gasteiger partial charge in [0.05, 0.1) is 0 Å². The third-order valence-electron chi connectivity index (χ3n) is 2.72. The molecule has 0 aliphatic rings. The lowest BCUT2D eigenvalue weighted by atomic mass is 10.0. The molecule has 15 heavy (non-hydrogen) atoms. The third-order valence-corrected chi connectivity index (χ3v) is 3.21. The Morgan fingerprint density at radius 2 is 1.80 bits per heavy atom.